The van der Waals surface area contributed by atoms with Gasteiger partial charge in [-0.1, -0.05) is 23.7 Å². The molecule has 0 saturated heterocycles. The number of hydrogen-bond acceptors (Lipinski definition) is 3. The molecule has 0 atom stereocenters. The number of methoxy groups -OCH3 is 1. The Labute approximate surface area is 126 Å². The van der Waals surface area contributed by atoms with Crippen molar-refractivity contribution >= 4 is 29.2 Å². The van der Waals surface area contributed by atoms with E-state index in [-0.39, 0.29) is 11.3 Å². The number of aromatic hydroxyl groups is 1. The molecule has 2 aromatic rings. The van der Waals surface area contributed by atoms with Gasteiger partial charge in [0.25, 0.3) is 0 Å². The van der Waals surface area contributed by atoms with Crippen molar-refractivity contribution in [3.8, 4) is 11.5 Å². The van der Waals surface area contributed by atoms with Crippen molar-refractivity contribution in [2.24, 2.45) is 0 Å². The molecule has 0 amide bonds. The third kappa shape index (κ3) is 3.55. The largest absolute Gasteiger partial charge is 0.508 e. The Kier molecular flexibility index (Phi) is 4.50. The molecule has 0 bridgehead atoms. The van der Waals surface area contributed by atoms with Crippen molar-refractivity contribution in [2.45, 2.75) is 0 Å². The molecule has 2 rings (SSSR count). The van der Waals surface area contributed by atoms with Gasteiger partial charge in [-0.15, -0.1) is 0 Å². The summed E-state index contributed by atoms with van der Waals surface area (Å²) in [7, 11) is 1.46. The van der Waals surface area contributed by atoms with Gasteiger partial charge < -0.3 is 14.9 Å². The monoisotopic (exact) mass is 304 g/mol. The van der Waals surface area contributed by atoms with E-state index in [1.54, 1.807) is 24.3 Å². The number of halogens is 1. The summed E-state index contributed by atoms with van der Waals surface area (Å²) >= 11 is 5.94. The van der Waals surface area contributed by atoms with Gasteiger partial charge in [0.15, 0.2) is 0 Å². The number of benzene rings is 2. The Hall–Kier alpha value is -2.46. The standard InChI is InChI=1S/C16H13ClO4/c1-21-15-6-5-11(17)9-13(15)14(16(19)20)8-10-3-2-4-12(18)7-10/h2-9,18H,1H3,(H,19,20)/b14-8-. The summed E-state index contributed by atoms with van der Waals surface area (Å²) < 4.78 is 5.18. The molecule has 0 aliphatic carbocycles. The predicted octanol–water partition coefficient (Wildman–Crippen LogP) is 3.68. The summed E-state index contributed by atoms with van der Waals surface area (Å²) in [5.74, 6) is -0.640. The number of aliphatic carboxylic acids is 1. The lowest BCUT2D eigenvalue weighted by Crippen LogP contribution is -2.02. The normalized spacial score (nSPS) is 11.2. The van der Waals surface area contributed by atoms with E-state index in [0.717, 1.165) is 0 Å². The minimum atomic E-state index is -1.11. The SMILES string of the molecule is COc1ccc(Cl)cc1/C(=C/c1cccc(O)c1)C(=O)O. The van der Waals surface area contributed by atoms with Crippen LogP contribution in [0.2, 0.25) is 5.02 Å². The first-order chi connectivity index (χ1) is 10.0. The Balaban J connectivity index is 2.59. The van der Waals surface area contributed by atoms with Gasteiger partial charge in [-0.25, -0.2) is 4.79 Å². The van der Waals surface area contributed by atoms with Gasteiger partial charge in [-0.3, -0.25) is 0 Å². The molecular formula is C16H13ClO4. The molecule has 21 heavy (non-hydrogen) atoms. The van der Waals surface area contributed by atoms with Crippen LogP contribution in [0.1, 0.15) is 11.1 Å². The second kappa shape index (κ2) is 6.33. The molecule has 108 valence electrons. The summed E-state index contributed by atoms with van der Waals surface area (Å²) in [6.45, 7) is 0. The molecule has 0 fully saturated rings. The molecule has 0 aromatic heterocycles. The highest BCUT2D eigenvalue weighted by Crippen LogP contribution is 2.31. The van der Waals surface area contributed by atoms with Crippen LogP contribution < -0.4 is 4.74 Å². The lowest BCUT2D eigenvalue weighted by Gasteiger charge is -2.10. The van der Waals surface area contributed by atoms with Crippen molar-refractivity contribution < 1.29 is 19.7 Å². The van der Waals surface area contributed by atoms with Crippen molar-refractivity contribution in [3.63, 3.8) is 0 Å². The molecule has 2 N–H and O–H groups in total. The maximum absolute atomic E-state index is 11.5. The molecule has 4 nitrogen and oxygen atoms in total. The topological polar surface area (TPSA) is 66.8 Å². The first kappa shape index (κ1) is 14.9. The fraction of sp³-hybridized carbons (Fsp3) is 0.0625. The lowest BCUT2D eigenvalue weighted by atomic mass is 10.0. The number of carboxylic acids is 1. The van der Waals surface area contributed by atoms with Gasteiger partial charge in [0, 0.05) is 10.6 Å². The smallest absolute Gasteiger partial charge is 0.336 e. The number of phenolic OH excluding ortho intramolecular Hbond substituents is 1. The first-order valence-corrected chi connectivity index (χ1v) is 6.47. The molecule has 0 spiro atoms. The highest BCUT2D eigenvalue weighted by Gasteiger charge is 2.16. The highest BCUT2D eigenvalue weighted by atomic mass is 35.5. The molecule has 0 aliphatic heterocycles. The van der Waals surface area contributed by atoms with E-state index >= 15 is 0 Å². The Bertz CT molecular complexity index is 707. The third-order valence-corrected chi connectivity index (χ3v) is 3.10. The minimum Gasteiger partial charge on any atom is -0.508 e. The maximum atomic E-state index is 11.5. The quantitative estimate of drug-likeness (QED) is 0.668. The van der Waals surface area contributed by atoms with Crippen LogP contribution in [0.3, 0.4) is 0 Å². The van der Waals surface area contributed by atoms with Crippen LogP contribution in [0.25, 0.3) is 11.6 Å². The third-order valence-electron chi connectivity index (χ3n) is 2.86. The van der Waals surface area contributed by atoms with Crippen LogP contribution in [0, 0.1) is 0 Å². The summed E-state index contributed by atoms with van der Waals surface area (Å²) in [5.41, 5.74) is 0.968. The van der Waals surface area contributed by atoms with E-state index in [2.05, 4.69) is 0 Å². The van der Waals surface area contributed by atoms with Crippen LogP contribution in [-0.2, 0) is 4.79 Å². The average Bonchev–Trinajstić information content (AvgIpc) is 2.44. The van der Waals surface area contributed by atoms with Crippen molar-refractivity contribution in [1.82, 2.24) is 0 Å². The zero-order chi connectivity index (χ0) is 15.4. The van der Waals surface area contributed by atoms with Crippen LogP contribution in [0.4, 0.5) is 0 Å². The zero-order valence-electron chi connectivity index (χ0n) is 11.2. The fourth-order valence-corrected chi connectivity index (χ4v) is 2.10. The number of hydrogen-bond donors (Lipinski definition) is 2. The Morgan fingerprint density at radius 2 is 2.00 bits per heavy atom. The second-order valence-electron chi connectivity index (χ2n) is 4.30. The minimum absolute atomic E-state index is 0.0277. The Morgan fingerprint density at radius 3 is 2.62 bits per heavy atom. The molecule has 0 aliphatic rings. The lowest BCUT2D eigenvalue weighted by molar-refractivity contribution is -0.130. The number of phenols is 1. The number of ether oxygens (including phenoxy) is 1. The first-order valence-electron chi connectivity index (χ1n) is 6.09. The Morgan fingerprint density at radius 1 is 1.24 bits per heavy atom. The van der Waals surface area contributed by atoms with Crippen LogP contribution in [0.15, 0.2) is 42.5 Å². The van der Waals surface area contributed by atoms with Crippen LogP contribution in [0.5, 0.6) is 11.5 Å². The molecule has 5 heteroatoms. The van der Waals surface area contributed by atoms with Gasteiger partial charge in [-0.2, -0.15) is 0 Å². The van der Waals surface area contributed by atoms with Crippen molar-refractivity contribution in [3.05, 3.63) is 58.6 Å². The molecule has 0 heterocycles. The number of rotatable bonds is 4. The van der Waals surface area contributed by atoms with Crippen molar-refractivity contribution in [1.29, 1.82) is 0 Å². The summed E-state index contributed by atoms with van der Waals surface area (Å²) in [5, 5.41) is 19.3. The van der Waals surface area contributed by atoms with Gasteiger partial charge in [0.1, 0.15) is 11.5 Å². The summed E-state index contributed by atoms with van der Waals surface area (Å²) in [6, 6.07) is 11.1. The van der Waals surface area contributed by atoms with E-state index in [1.807, 2.05) is 0 Å². The number of carboxylic acid groups (broad SMARTS) is 1. The maximum Gasteiger partial charge on any atom is 0.336 e. The fourth-order valence-electron chi connectivity index (χ4n) is 1.93. The number of carbonyl (C=O) groups is 1. The molecule has 0 saturated carbocycles. The van der Waals surface area contributed by atoms with Gasteiger partial charge in [0.05, 0.1) is 12.7 Å². The second-order valence-corrected chi connectivity index (χ2v) is 4.74. The molecule has 0 radical (unpaired) electrons. The van der Waals surface area contributed by atoms with E-state index in [9.17, 15) is 15.0 Å². The van der Waals surface area contributed by atoms with E-state index in [0.29, 0.717) is 21.9 Å². The summed E-state index contributed by atoms with van der Waals surface area (Å²) in [4.78, 5) is 11.5. The van der Waals surface area contributed by atoms with E-state index in [1.165, 1.54) is 31.4 Å². The van der Waals surface area contributed by atoms with Crippen molar-refractivity contribution in [2.75, 3.05) is 7.11 Å². The highest BCUT2D eigenvalue weighted by molar-refractivity contribution is 6.31. The summed E-state index contributed by atoms with van der Waals surface area (Å²) in [6.07, 6.45) is 1.45. The van der Waals surface area contributed by atoms with E-state index < -0.39 is 5.97 Å². The van der Waals surface area contributed by atoms with Gasteiger partial charge in [-0.05, 0) is 42.0 Å². The van der Waals surface area contributed by atoms with E-state index in [4.69, 9.17) is 16.3 Å². The van der Waals surface area contributed by atoms with Crippen LogP contribution >= 0.6 is 11.6 Å². The molecular weight excluding hydrogens is 292 g/mol. The predicted molar refractivity (Wildman–Crippen MR) is 81.6 cm³/mol. The molecule has 2 aromatic carbocycles. The average molecular weight is 305 g/mol. The zero-order valence-corrected chi connectivity index (χ0v) is 12.0. The van der Waals surface area contributed by atoms with Gasteiger partial charge in [0.2, 0.25) is 0 Å². The van der Waals surface area contributed by atoms with Crippen LogP contribution in [-0.4, -0.2) is 23.3 Å². The molecule has 0 unspecified atom stereocenters. The van der Waals surface area contributed by atoms with Gasteiger partial charge >= 0.3 is 5.97 Å².